The minimum absolute atomic E-state index is 0.0101. The monoisotopic (exact) mass is 433 g/mol. The number of amides is 1. The molecule has 2 aliphatic rings. The van der Waals surface area contributed by atoms with Crippen molar-refractivity contribution in [2.45, 2.75) is 109 Å². The quantitative estimate of drug-likeness (QED) is 0.643. The first-order valence-electron chi connectivity index (χ1n) is 10.2. The largest absolute Gasteiger partial charge is 0.444 e. The van der Waals surface area contributed by atoms with Gasteiger partial charge in [-0.15, -0.1) is 0 Å². The zero-order valence-electron chi connectivity index (χ0n) is 19.5. The molecule has 9 heteroatoms. The Morgan fingerprint density at radius 1 is 1.17 bits per heavy atom. The van der Waals surface area contributed by atoms with Gasteiger partial charge in [0.2, 0.25) is 0 Å². The van der Waals surface area contributed by atoms with Gasteiger partial charge in [0.15, 0.2) is 26.0 Å². The molecule has 2 aliphatic heterocycles. The van der Waals surface area contributed by atoms with Crippen LogP contribution in [-0.4, -0.2) is 68.2 Å². The smallest absolute Gasteiger partial charge is 0.407 e. The molecule has 2 N–H and O–H groups in total. The predicted octanol–water partition coefficient (Wildman–Crippen LogP) is 3.14. The topological polar surface area (TPSA) is 95.5 Å². The highest BCUT2D eigenvalue weighted by atomic mass is 28.4. The van der Waals surface area contributed by atoms with Crippen LogP contribution in [0.4, 0.5) is 4.79 Å². The van der Waals surface area contributed by atoms with E-state index in [9.17, 15) is 9.90 Å². The summed E-state index contributed by atoms with van der Waals surface area (Å²) in [4.78, 5) is 12.0. The Morgan fingerprint density at radius 2 is 1.76 bits per heavy atom. The standard InChI is InChI=1S/C20H39NO7Si/c1-17(2,3)27-16(23)21-11-13-14-20(15(22)25-13,28-19(7,8)26-14)12-24-29(9,10)18(4,5)6/h13-15,22H,11-12H2,1-10H3,(H,21,23)/t13-,14+,15?,20+/m1/s1. The first-order chi connectivity index (χ1) is 12.9. The van der Waals surface area contributed by atoms with Crippen LogP contribution in [0.25, 0.3) is 0 Å². The average Bonchev–Trinajstić information content (AvgIpc) is 2.90. The molecule has 1 unspecified atom stereocenters. The molecule has 0 spiro atoms. The van der Waals surface area contributed by atoms with Gasteiger partial charge in [0.25, 0.3) is 0 Å². The molecule has 0 aliphatic carbocycles. The molecule has 0 bridgehead atoms. The van der Waals surface area contributed by atoms with Crippen LogP contribution in [-0.2, 0) is 23.4 Å². The zero-order chi connectivity index (χ0) is 22.5. The molecule has 170 valence electrons. The highest BCUT2D eigenvalue weighted by Gasteiger charge is 2.66. The summed E-state index contributed by atoms with van der Waals surface area (Å²) in [5, 5.41) is 13.5. The van der Waals surface area contributed by atoms with Crippen molar-refractivity contribution in [3.8, 4) is 0 Å². The van der Waals surface area contributed by atoms with Gasteiger partial charge in [-0.1, -0.05) is 20.8 Å². The van der Waals surface area contributed by atoms with E-state index in [2.05, 4.69) is 39.2 Å². The molecule has 4 atom stereocenters. The molecule has 0 aromatic heterocycles. The molecule has 2 fully saturated rings. The number of rotatable bonds is 5. The van der Waals surface area contributed by atoms with Crippen molar-refractivity contribution < 1.29 is 33.3 Å². The lowest BCUT2D eigenvalue weighted by Gasteiger charge is -2.39. The number of aliphatic hydroxyl groups is 1. The van der Waals surface area contributed by atoms with Crippen LogP contribution >= 0.6 is 0 Å². The predicted molar refractivity (Wildman–Crippen MR) is 111 cm³/mol. The highest BCUT2D eigenvalue weighted by Crippen LogP contribution is 2.47. The van der Waals surface area contributed by atoms with Crippen molar-refractivity contribution >= 4 is 14.4 Å². The van der Waals surface area contributed by atoms with Gasteiger partial charge < -0.3 is 33.8 Å². The summed E-state index contributed by atoms with van der Waals surface area (Å²) in [6, 6.07) is 0. The van der Waals surface area contributed by atoms with Crippen LogP contribution < -0.4 is 5.32 Å². The van der Waals surface area contributed by atoms with E-state index in [0.717, 1.165) is 0 Å². The fraction of sp³-hybridized carbons (Fsp3) is 0.950. The third-order valence-corrected chi connectivity index (χ3v) is 10.2. The number of nitrogens with one attached hydrogen (secondary N) is 1. The lowest BCUT2D eigenvalue weighted by atomic mass is 9.96. The number of alkyl carbamates (subject to hydrolysis) is 1. The lowest BCUT2D eigenvalue weighted by Crippen LogP contribution is -2.55. The Kier molecular flexibility index (Phi) is 6.57. The number of carbonyl (C=O) groups excluding carboxylic acids is 1. The summed E-state index contributed by atoms with van der Waals surface area (Å²) >= 11 is 0. The first kappa shape index (κ1) is 24.6. The molecular formula is C20H39NO7Si. The van der Waals surface area contributed by atoms with Gasteiger partial charge in [-0.05, 0) is 52.8 Å². The van der Waals surface area contributed by atoms with Gasteiger partial charge in [0.05, 0.1) is 6.61 Å². The van der Waals surface area contributed by atoms with E-state index >= 15 is 0 Å². The third-order valence-electron chi connectivity index (χ3n) is 5.70. The van der Waals surface area contributed by atoms with E-state index in [0.29, 0.717) is 0 Å². The van der Waals surface area contributed by atoms with Gasteiger partial charge in [0, 0.05) is 6.54 Å². The van der Waals surface area contributed by atoms with Crippen LogP contribution in [0, 0.1) is 0 Å². The number of fused-ring (bicyclic) bond motifs is 1. The lowest BCUT2D eigenvalue weighted by molar-refractivity contribution is -0.251. The average molecular weight is 434 g/mol. The Balaban J connectivity index is 2.13. The second kappa shape index (κ2) is 7.76. The van der Waals surface area contributed by atoms with Crippen molar-refractivity contribution in [2.24, 2.45) is 0 Å². The molecule has 0 radical (unpaired) electrons. The highest BCUT2D eigenvalue weighted by molar-refractivity contribution is 6.74. The van der Waals surface area contributed by atoms with Crippen LogP contribution in [0.1, 0.15) is 55.4 Å². The van der Waals surface area contributed by atoms with Gasteiger partial charge in [-0.25, -0.2) is 4.79 Å². The molecule has 2 heterocycles. The first-order valence-corrected chi connectivity index (χ1v) is 13.1. The number of hydrogen-bond acceptors (Lipinski definition) is 7. The summed E-state index contributed by atoms with van der Waals surface area (Å²) < 4.78 is 29.6. The van der Waals surface area contributed by atoms with E-state index in [1.165, 1.54) is 0 Å². The van der Waals surface area contributed by atoms with E-state index in [1.54, 1.807) is 34.6 Å². The van der Waals surface area contributed by atoms with Gasteiger partial charge in [-0.3, -0.25) is 0 Å². The Labute approximate surface area is 175 Å². The van der Waals surface area contributed by atoms with Gasteiger partial charge in [0.1, 0.15) is 17.8 Å². The molecular weight excluding hydrogens is 394 g/mol. The normalized spacial score (nSPS) is 32.2. The van der Waals surface area contributed by atoms with Crippen molar-refractivity contribution in [1.29, 1.82) is 0 Å². The van der Waals surface area contributed by atoms with Crippen molar-refractivity contribution in [3.63, 3.8) is 0 Å². The maximum atomic E-state index is 12.0. The Hall–Kier alpha value is -0.713. The fourth-order valence-electron chi connectivity index (χ4n) is 3.22. The third kappa shape index (κ3) is 5.51. The van der Waals surface area contributed by atoms with Crippen LogP contribution in [0.5, 0.6) is 0 Å². The van der Waals surface area contributed by atoms with Crippen LogP contribution in [0.2, 0.25) is 18.1 Å². The summed E-state index contributed by atoms with van der Waals surface area (Å²) in [6.45, 7) is 20.0. The zero-order valence-corrected chi connectivity index (χ0v) is 20.5. The summed E-state index contributed by atoms with van der Waals surface area (Å²) in [7, 11) is -2.09. The van der Waals surface area contributed by atoms with Crippen molar-refractivity contribution in [3.05, 3.63) is 0 Å². The molecule has 0 aromatic carbocycles. The molecule has 2 rings (SSSR count). The molecule has 2 saturated heterocycles. The molecule has 8 nitrogen and oxygen atoms in total. The molecule has 1 amide bonds. The summed E-state index contributed by atoms with van der Waals surface area (Å²) in [5.74, 6) is -0.906. The summed E-state index contributed by atoms with van der Waals surface area (Å²) in [5.41, 5.74) is -1.75. The fourth-order valence-corrected chi connectivity index (χ4v) is 4.24. The Morgan fingerprint density at radius 3 is 2.28 bits per heavy atom. The maximum Gasteiger partial charge on any atom is 0.407 e. The van der Waals surface area contributed by atoms with E-state index < -0.39 is 49.9 Å². The van der Waals surface area contributed by atoms with Gasteiger partial charge >= 0.3 is 6.09 Å². The SMILES string of the molecule is CC(C)(C)OC(=O)NC[C@H]1OC(O)[C@@]2(CO[Si](C)(C)C(C)(C)C)OC(C)(C)O[C@@H]12. The van der Waals surface area contributed by atoms with E-state index in [-0.39, 0.29) is 18.2 Å². The molecule has 29 heavy (non-hydrogen) atoms. The number of carbonyl (C=O) groups is 1. The number of hydrogen-bond donors (Lipinski definition) is 2. The van der Waals surface area contributed by atoms with Crippen LogP contribution in [0.3, 0.4) is 0 Å². The van der Waals surface area contributed by atoms with Crippen molar-refractivity contribution in [2.75, 3.05) is 13.2 Å². The Bertz CT molecular complexity index is 611. The summed E-state index contributed by atoms with van der Waals surface area (Å²) in [6.07, 6.45) is -2.97. The van der Waals surface area contributed by atoms with E-state index in [1.807, 2.05) is 0 Å². The number of ether oxygens (including phenoxy) is 4. The van der Waals surface area contributed by atoms with Gasteiger partial charge in [-0.2, -0.15) is 0 Å². The molecule has 0 saturated carbocycles. The van der Waals surface area contributed by atoms with Crippen molar-refractivity contribution in [1.82, 2.24) is 5.32 Å². The number of aliphatic hydroxyl groups excluding tert-OH is 1. The molecule has 0 aromatic rings. The van der Waals surface area contributed by atoms with Crippen LogP contribution in [0.15, 0.2) is 0 Å². The second-order valence-electron chi connectivity index (χ2n) is 11.0. The van der Waals surface area contributed by atoms with E-state index in [4.69, 9.17) is 23.4 Å². The minimum atomic E-state index is -2.09. The maximum absolute atomic E-state index is 12.0. The second-order valence-corrected chi connectivity index (χ2v) is 15.8. The minimum Gasteiger partial charge on any atom is -0.444 e.